The van der Waals surface area contributed by atoms with E-state index >= 15 is 0 Å². The lowest BCUT2D eigenvalue weighted by atomic mass is 10.0. The number of carbonyl (C=O) groups is 1. The number of fused-ring (bicyclic) bond motifs is 1. The summed E-state index contributed by atoms with van der Waals surface area (Å²) >= 11 is 1.56. The first-order valence-electron chi connectivity index (χ1n) is 12.7. The van der Waals surface area contributed by atoms with E-state index < -0.39 is 24.3 Å². The predicted octanol–water partition coefficient (Wildman–Crippen LogP) is 3.89. The first kappa shape index (κ1) is 26.9. The molecule has 1 amide bonds. The van der Waals surface area contributed by atoms with Gasteiger partial charge in [-0.25, -0.2) is 8.78 Å². The van der Waals surface area contributed by atoms with E-state index in [1.54, 1.807) is 40.5 Å². The van der Waals surface area contributed by atoms with Crippen molar-refractivity contribution >= 4 is 33.3 Å². The fourth-order valence-electron chi connectivity index (χ4n) is 4.43. The van der Waals surface area contributed by atoms with Crippen LogP contribution in [0.5, 0.6) is 6.01 Å². The molecule has 3 heterocycles. The molecule has 0 aliphatic carbocycles. The standard InChI is InChI=1S/C28H28F2N4O4S/c1-2-21-14-22-25(31-28(32-26(22)39-21)38-16-20(36)15-35)33-9-11-34(12-10-33)27(37)18-5-3-17(4-6-18)19-7-8-23(29)24(30)13-19/h3-8,13-14,20,35-36H,2,9-12,15-16H2,1H3/t20-/m1/s1. The van der Waals surface area contributed by atoms with Crippen molar-refractivity contribution in [3.8, 4) is 17.1 Å². The number of aliphatic hydroxyl groups excluding tert-OH is 2. The number of hydrogen-bond donors (Lipinski definition) is 2. The molecular weight excluding hydrogens is 526 g/mol. The zero-order valence-electron chi connectivity index (χ0n) is 21.3. The maximum Gasteiger partial charge on any atom is 0.319 e. The van der Waals surface area contributed by atoms with Gasteiger partial charge < -0.3 is 24.7 Å². The summed E-state index contributed by atoms with van der Waals surface area (Å²) in [4.78, 5) is 28.1. The van der Waals surface area contributed by atoms with Crippen molar-refractivity contribution in [1.82, 2.24) is 14.9 Å². The van der Waals surface area contributed by atoms with Gasteiger partial charge in [-0.15, -0.1) is 11.3 Å². The van der Waals surface area contributed by atoms with Gasteiger partial charge in [0.1, 0.15) is 23.4 Å². The van der Waals surface area contributed by atoms with Crippen LogP contribution in [0.1, 0.15) is 22.2 Å². The lowest BCUT2D eigenvalue weighted by molar-refractivity contribution is 0.0506. The quantitative estimate of drug-likeness (QED) is 0.341. The van der Waals surface area contributed by atoms with Gasteiger partial charge in [0.25, 0.3) is 5.91 Å². The highest BCUT2D eigenvalue weighted by molar-refractivity contribution is 7.18. The number of aromatic nitrogens is 2. The van der Waals surface area contributed by atoms with E-state index in [0.717, 1.165) is 33.6 Å². The number of nitrogens with zero attached hydrogens (tertiary/aromatic N) is 4. The smallest absolute Gasteiger partial charge is 0.319 e. The second kappa shape index (κ2) is 11.6. The largest absolute Gasteiger partial charge is 0.461 e. The number of rotatable bonds is 8. The van der Waals surface area contributed by atoms with Gasteiger partial charge in [-0.1, -0.05) is 25.1 Å². The Morgan fingerprint density at radius 1 is 1.03 bits per heavy atom. The minimum atomic E-state index is -1.03. The van der Waals surface area contributed by atoms with Crippen LogP contribution in [-0.4, -0.2) is 76.5 Å². The maximum absolute atomic E-state index is 13.6. The van der Waals surface area contributed by atoms with Crippen LogP contribution in [0.25, 0.3) is 21.3 Å². The molecule has 2 aromatic carbocycles. The average molecular weight is 555 g/mol. The zero-order valence-corrected chi connectivity index (χ0v) is 22.1. The van der Waals surface area contributed by atoms with E-state index in [-0.39, 0.29) is 18.5 Å². The Bertz CT molecular complexity index is 1470. The van der Waals surface area contributed by atoms with E-state index in [0.29, 0.717) is 48.7 Å². The maximum atomic E-state index is 13.6. The summed E-state index contributed by atoms with van der Waals surface area (Å²) in [5, 5.41) is 19.7. The summed E-state index contributed by atoms with van der Waals surface area (Å²) in [6, 6.07) is 12.8. The van der Waals surface area contributed by atoms with E-state index in [9.17, 15) is 18.7 Å². The highest BCUT2D eigenvalue weighted by atomic mass is 32.1. The van der Waals surface area contributed by atoms with Gasteiger partial charge in [0.15, 0.2) is 11.6 Å². The van der Waals surface area contributed by atoms with Crippen molar-refractivity contribution in [2.75, 3.05) is 44.3 Å². The van der Waals surface area contributed by atoms with Crippen LogP contribution in [-0.2, 0) is 6.42 Å². The Morgan fingerprint density at radius 2 is 1.74 bits per heavy atom. The van der Waals surface area contributed by atoms with Crippen LogP contribution >= 0.6 is 11.3 Å². The average Bonchev–Trinajstić information content (AvgIpc) is 3.40. The summed E-state index contributed by atoms with van der Waals surface area (Å²) in [6.45, 7) is 3.62. The highest BCUT2D eigenvalue weighted by Gasteiger charge is 2.26. The van der Waals surface area contributed by atoms with Crippen molar-refractivity contribution < 1.29 is 28.5 Å². The number of anilines is 1. The molecule has 4 aromatic rings. The van der Waals surface area contributed by atoms with Crippen LogP contribution in [0.15, 0.2) is 48.5 Å². The van der Waals surface area contributed by atoms with Crippen LogP contribution in [0.3, 0.4) is 0 Å². The number of halogens is 2. The third-order valence-electron chi connectivity index (χ3n) is 6.62. The summed E-state index contributed by atoms with van der Waals surface area (Å²) in [5.41, 5.74) is 1.74. The molecule has 8 nitrogen and oxygen atoms in total. The molecule has 5 rings (SSSR count). The normalized spacial score (nSPS) is 14.6. The van der Waals surface area contributed by atoms with E-state index in [4.69, 9.17) is 9.84 Å². The zero-order chi connectivity index (χ0) is 27.5. The van der Waals surface area contributed by atoms with Gasteiger partial charge in [0.2, 0.25) is 0 Å². The lowest BCUT2D eigenvalue weighted by Crippen LogP contribution is -2.49. The SMILES string of the molecule is CCc1cc2c(N3CCN(C(=O)c4ccc(-c5ccc(F)c(F)c5)cc4)CC3)nc(OC[C@H](O)CO)nc2s1. The van der Waals surface area contributed by atoms with Crippen LogP contribution in [0.2, 0.25) is 0 Å². The minimum Gasteiger partial charge on any atom is -0.461 e. The number of thiophene rings is 1. The molecule has 0 radical (unpaired) electrons. The third kappa shape index (κ3) is 5.85. The lowest BCUT2D eigenvalue weighted by Gasteiger charge is -2.35. The molecule has 0 spiro atoms. The molecule has 1 aliphatic heterocycles. The van der Waals surface area contributed by atoms with Crippen molar-refractivity contribution in [2.45, 2.75) is 19.4 Å². The molecule has 11 heteroatoms. The molecule has 39 heavy (non-hydrogen) atoms. The van der Waals surface area contributed by atoms with Gasteiger partial charge in [-0.3, -0.25) is 4.79 Å². The minimum absolute atomic E-state index is 0.106. The number of aryl methyl sites for hydroxylation is 1. The number of amides is 1. The Kier molecular flexibility index (Phi) is 8.01. The molecule has 1 aliphatic rings. The number of benzene rings is 2. The van der Waals surface area contributed by atoms with Crippen LogP contribution in [0, 0.1) is 11.6 Å². The van der Waals surface area contributed by atoms with E-state index in [2.05, 4.69) is 27.9 Å². The molecule has 0 bridgehead atoms. The fraction of sp³-hybridized carbons (Fsp3) is 0.321. The first-order valence-corrected chi connectivity index (χ1v) is 13.5. The molecule has 2 aromatic heterocycles. The number of aliphatic hydroxyl groups is 2. The summed E-state index contributed by atoms with van der Waals surface area (Å²) in [5.74, 6) is -1.21. The molecule has 0 saturated carbocycles. The Hall–Kier alpha value is -3.67. The topological polar surface area (TPSA) is 99.0 Å². The van der Waals surface area contributed by atoms with Crippen molar-refractivity contribution in [3.05, 3.63) is 70.6 Å². The van der Waals surface area contributed by atoms with Gasteiger partial charge in [0, 0.05) is 36.6 Å². The number of ether oxygens (including phenoxy) is 1. The second-order valence-corrected chi connectivity index (χ2v) is 10.4. The summed E-state index contributed by atoms with van der Waals surface area (Å²) in [7, 11) is 0. The molecule has 2 N–H and O–H groups in total. The van der Waals surface area contributed by atoms with Crippen molar-refractivity contribution in [1.29, 1.82) is 0 Å². The monoisotopic (exact) mass is 554 g/mol. The second-order valence-electron chi connectivity index (χ2n) is 9.25. The van der Waals surface area contributed by atoms with Gasteiger partial charge in [-0.05, 0) is 47.9 Å². The molecule has 1 saturated heterocycles. The van der Waals surface area contributed by atoms with Gasteiger partial charge in [0.05, 0.1) is 12.0 Å². The molecule has 1 fully saturated rings. The molecule has 1 atom stereocenters. The number of hydrogen-bond acceptors (Lipinski definition) is 8. The Labute approximate surface area is 228 Å². The van der Waals surface area contributed by atoms with Crippen molar-refractivity contribution in [2.24, 2.45) is 0 Å². The summed E-state index contributed by atoms with van der Waals surface area (Å²) < 4.78 is 32.4. The Morgan fingerprint density at radius 3 is 2.41 bits per heavy atom. The molecule has 0 unspecified atom stereocenters. The van der Waals surface area contributed by atoms with Crippen LogP contribution in [0.4, 0.5) is 14.6 Å². The number of piperazine rings is 1. The predicted molar refractivity (Wildman–Crippen MR) is 145 cm³/mol. The van der Waals surface area contributed by atoms with Crippen molar-refractivity contribution in [3.63, 3.8) is 0 Å². The Balaban J connectivity index is 1.29. The van der Waals surface area contributed by atoms with E-state index in [1.165, 1.54) is 6.07 Å². The summed E-state index contributed by atoms with van der Waals surface area (Å²) in [6.07, 6.45) is -0.167. The van der Waals surface area contributed by atoms with E-state index in [1.807, 2.05) is 0 Å². The molecular formula is C28H28F2N4O4S. The number of carbonyl (C=O) groups excluding carboxylic acids is 1. The highest BCUT2D eigenvalue weighted by Crippen LogP contribution is 2.33. The fourth-order valence-corrected chi connectivity index (χ4v) is 5.38. The third-order valence-corrected chi connectivity index (χ3v) is 7.79. The first-order chi connectivity index (χ1) is 18.9. The van der Waals surface area contributed by atoms with Crippen LogP contribution < -0.4 is 9.64 Å². The van der Waals surface area contributed by atoms with Gasteiger partial charge in [-0.2, -0.15) is 9.97 Å². The molecule has 204 valence electrons. The van der Waals surface area contributed by atoms with Gasteiger partial charge >= 0.3 is 6.01 Å².